The fraction of sp³-hybridized carbons (Fsp3) is 0.462. The molecule has 1 aliphatic rings. The molecule has 84 valence electrons. The van der Waals surface area contributed by atoms with Gasteiger partial charge < -0.3 is 5.73 Å². The number of para-hydroxylation sites is 1. The van der Waals surface area contributed by atoms with E-state index in [-0.39, 0.29) is 5.54 Å². The molecule has 16 heavy (non-hydrogen) atoms. The molecule has 3 heteroatoms. The predicted molar refractivity (Wildman–Crippen MR) is 65.0 cm³/mol. The highest BCUT2D eigenvalue weighted by Crippen LogP contribution is 2.38. The Kier molecular flexibility index (Phi) is 2.04. The minimum Gasteiger partial charge on any atom is -0.320 e. The van der Waals surface area contributed by atoms with Crippen LogP contribution in [-0.4, -0.2) is 9.78 Å². The minimum absolute atomic E-state index is 0.194. The van der Waals surface area contributed by atoms with Gasteiger partial charge in [-0.2, -0.15) is 5.10 Å². The lowest BCUT2D eigenvalue weighted by Gasteiger charge is -2.21. The predicted octanol–water partition coefficient (Wildman–Crippen LogP) is 2.30. The Bertz CT molecular complexity index is 521. The highest BCUT2D eigenvalue weighted by atomic mass is 15.3. The van der Waals surface area contributed by atoms with E-state index in [0.717, 1.165) is 18.5 Å². The fourth-order valence-corrected chi connectivity index (χ4v) is 2.82. The number of hydrogen-bond donors (Lipinski definition) is 1. The van der Waals surface area contributed by atoms with Crippen molar-refractivity contribution in [2.75, 3.05) is 0 Å². The first kappa shape index (κ1) is 9.85. The van der Waals surface area contributed by atoms with Crippen molar-refractivity contribution >= 4 is 10.9 Å². The molecule has 1 saturated carbocycles. The normalized spacial score (nSPS) is 19.4. The second kappa shape index (κ2) is 3.32. The van der Waals surface area contributed by atoms with Gasteiger partial charge in [0.1, 0.15) is 0 Å². The average Bonchev–Trinajstić information content (AvgIpc) is 2.86. The van der Waals surface area contributed by atoms with Gasteiger partial charge in [0.15, 0.2) is 0 Å². The Morgan fingerprint density at radius 2 is 1.94 bits per heavy atom. The number of fused-ring (bicyclic) bond motifs is 1. The Balaban J connectivity index is 2.24. The molecule has 0 aliphatic heterocycles. The molecule has 1 aromatic carbocycles. The van der Waals surface area contributed by atoms with Crippen LogP contribution in [0.15, 0.2) is 24.3 Å². The van der Waals surface area contributed by atoms with Crippen LogP contribution in [0.5, 0.6) is 0 Å². The summed E-state index contributed by atoms with van der Waals surface area (Å²) in [6, 6.07) is 8.34. The Morgan fingerprint density at radius 1 is 1.25 bits per heavy atom. The summed E-state index contributed by atoms with van der Waals surface area (Å²) in [4.78, 5) is 0. The van der Waals surface area contributed by atoms with Crippen LogP contribution < -0.4 is 5.73 Å². The van der Waals surface area contributed by atoms with Crippen molar-refractivity contribution in [1.82, 2.24) is 9.78 Å². The van der Waals surface area contributed by atoms with Crippen molar-refractivity contribution in [1.29, 1.82) is 0 Å². The summed E-state index contributed by atoms with van der Waals surface area (Å²) in [5.41, 5.74) is 8.55. The number of nitrogens with two attached hydrogens (primary N) is 1. The summed E-state index contributed by atoms with van der Waals surface area (Å²) >= 11 is 0. The number of rotatable bonds is 1. The lowest BCUT2D eigenvalue weighted by molar-refractivity contribution is 0.444. The van der Waals surface area contributed by atoms with Crippen molar-refractivity contribution < 1.29 is 0 Å². The number of hydrogen-bond acceptors (Lipinski definition) is 2. The second-order valence-corrected chi connectivity index (χ2v) is 4.85. The van der Waals surface area contributed by atoms with E-state index in [0.29, 0.717) is 0 Å². The van der Waals surface area contributed by atoms with Gasteiger partial charge in [-0.25, -0.2) is 0 Å². The van der Waals surface area contributed by atoms with E-state index in [2.05, 4.69) is 23.3 Å². The third kappa shape index (κ3) is 1.28. The molecular formula is C13H17N3. The van der Waals surface area contributed by atoms with Crippen molar-refractivity contribution in [3.8, 4) is 0 Å². The van der Waals surface area contributed by atoms with Crippen LogP contribution in [0.3, 0.4) is 0 Å². The van der Waals surface area contributed by atoms with Crippen LogP contribution >= 0.6 is 0 Å². The third-order valence-corrected chi connectivity index (χ3v) is 3.73. The number of benzene rings is 1. The van der Waals surface area contributed by atoms with E-state index in [9.17, 15) is 0 Å². The molecule has 0 amide bonds. The minimum atomic E-state index is -0.194. The molecule has 0 radical (unpaired) electrons. The maximum absolute atomic E-state index is 6.48. The summed E-state index contributed by atoms with van der Waals surface area (Å²) in [6.45, 7) is 0. The average molecular weight is 215 g/mol. The van der Waals surface area contributed by atoms with Crippen LogP contribution in [0.4, 0.5) is 0 Å². The summed E-state index contributed by atoms with van der Waals surface area (Å²) in [5, 5.41) is 5.85. The van der Waals surface area contributed by atoms with Crippen molar-refractivity contribution in [2.24, 2.45) is 12.8 Å². The molecular weight excluding hydrogens is 198 g/mol. The second-order valence-electron chi connectivity index (χ2n) is 4.85. The van der Waals surface area contributed by atoms with Crippen LogP contribution in [0.25, 0.3) is 10.9 Å². The fourth-order valence-electron chi connectivity index (χ4n) is 2.82. The molecule has 1 aliphatic carbocycles. The van der Waals surface area contributed by atoms with Gasteiger partial charge in [-0.3, -0.25) is 4.68 Å². The summed E-state index contributed by atoms with van der Waals surface area (Å²) in [5.74, 6) is 0. The molecule has 2 aromatic rings. The first-order valence-corrected chi connectivity index (χ1v) is 5.92. The van der Waals surface area contributed by atoms with E-state index in [4.69, 9.17) is 5.73 Å². The molecule has 3 rings (SSSR count). The number of aryl methyl sites for hydroxylation is 1. The molecule has 1 heterocycles. The van der Waals surface area contributed by atoms with E-state index in [1.807, 2.05) is 17.8 Å². The molecule has 1 fully saturated rings. The summed E-state index contributed by atoms with van der Waals surface area (Å²) in [7, 11) is 1.99. The zero-order chi connectivity index (χ0) is 11.2. The lowest BCUT2D eigenvalue weighted by atomic mass is 9.92. The van der Waals surface area contributed by atoms with Gasteiger partial charge in [0, 0.05) is 12.4 Å². The zero-order valence-electron chi connectivity index (χ0n) is 9.61. The van der Waals surface area contributed by atoms with Crippen LogP contribution in [0.1, 0.15) is 31.4 Å². The van der Waals surface area contributed by atoms with Gasteiger partial charge in [-0.1, -0.05) is 31.0 Å². The van der Waals surface area contributed by atoms with E-state index in [1.54, 1.807) is 0 Å². The standard InChI is InChI=1S/C13H17N3/c1-16-11-7-3-2-6-10(11)12(15-16)13(14)8-4-5-9-13/h2-3,6-7H,4-5,8-9,14H2,1H3. The van der Waals surface area contributed by atoms with E-state index < -0.39 is 0 Å². The smallest absolute Gasteiger partial charge is 0.0901 e. The van der Waals surface area contributed by atoms with Crippen LogP contribution in [0, 0.1) is 0 Å². The van der Waals surface area contributed by atoms with Gasteiger partial charge in [-0.05, 0) is 18.9 Å². The molecule has 0 spiro atoms. The molecule has 0 saturated heterocycles. The monoisotopic (exact) mass is 215 g/mol. The van der Waals surface area contributed by atoms with Crippen molar-refractivity contribution in [3.05, 3.63) is 30.0 Å². The van der Waals surface area contributed by atoms with Crippen molar-refractivity contribution in [2.45, 2.75) is 31.2 Å². The quantitative estimate of drug-likeness (QED) is 0.793. The number of aromatic nitrogens is 2. The SMILES string of the molecule is Cn1nc(C2(N)CCCC2)c2ccccc21. The molecule has 0 atom stereocenters. The molecule has 2 N–H and O–H groups in total. The highest BCUT2D eigenvalue weighted by Gasteiger charge is 2.35. The molecule has 3 nitrogen and oxygen atoms in total. The van der Waals surface area contributed by atoms with Crippen LogP contribution in [0.2, 0.25) is 0 Å². The first-order valence-electron chi connectivity index (χ1n) is 5.92. The highest BCUT2D eigenvalue weighted by molar-refractivity contribution is 5.82. The Morgan fingerprint density at radius 3 is 2.69 bits per heavy atom. The maximum Gasteiger partial charge on any atom is 0.0901 e. The Hall–Kier alpha value is -1.35. The van der Waals surface area contributed by atoms with E-state index in [1.165, 1.54) is 23.7 Å². The van der Waals surface area contributed by atoms with Gasteiger partial charge in [0.2, 0.25) is 0 Å². The van der Waals surface area contributed by atoms with Gasteiger partial charge in [0.05, 0.1) is 16.7 Å². The Labute approximate surface area is 95.2 Å². The molecule has 0 bridgehead atoms. The summed E-state index contributed by atoms with van der Waals surface area (Å²) < 4.78 is 1.94. The first-order chi connectivity index (χ1) is 7.71. The van der Waals surface area contributed by atoms with Gasteiger partial charge in [-0.15, -0.1) is 0 Å². The van der Waals surface area contributed by atoms with Gasteiger partial charge >= 0.3 is 0 Å². The number of nitrogens with zero attached hydrogens (tertiary/aromatic N) is 2. The molecule has 1 aromatic heterocycles. The lowest BCUT2D eigenvalue weighted by Crippen LogP contribution is -2.33. The van der Waals surface area contributed by atoms with Crippen LogP contribution in [-0.2, 0) is 12.6 Å². The topological polar surface area (TPSA) is 43.8 Å². The third-order valence-electron chi connectivity index (χ3n) is 3.73. The maximum atomic E-state index is 6.48. The van der Waals surface area contributed by atoms with Gasteiger partial charge in [0.25, 0.3) is 0 Å². The summed E-state index contributed by atoms with van der Waals surface area (Å²) in [6.07, 6.45) is 4.57. The zero-order valence-corrected chi connectivity index (χ0v) is 9.61. The molecule has 0 unspecified atom stereocenters. The van der Waals surface area contributed by atoms with E-state index >= 15 is 0 Å². The largest absolute Gasteiger partial charge is 0.320 e. The van der Waals surface area contributed by atoms with Crippen molar-refractivity contribution in [3.63, 3.8) is 0 Å².